The van der Waals surface area contributed by atoms with E-state index in [4.69, 9.17) is 4.74 Å². The van der Waals surface area contributed by atoms with Gasteiger partial charge in [0.2, 0.25) is 0 Å². The molecule has 0 saturated carbocycles. The van der Waals surface area contributed by atoms with Crippen molar-refractivity contribution >= 4 is 29.3 Å². The molecule has 1 atom stereocenters. The maximum Gasteiger partial charge on any atom is 0.328 e. The molecule has 0 spiro atoms. The van der Waals surface area contributed by atoms with Gasteiger partial charge in [-0.2, -0.15) is 0 Å². The van der Waals surface area contributed by atoms with Crippen LogP contribution in [0.4, 0.5) is 11.5 Å². The van der Waals surface area contributed by atoms with Crippen LogP contribution < -0.4 is 10.2 Å². The Labute approximate surface area is 184 Å². The minimum atomic E-state index is -1.03. The zero-order valence-electron chi connectivity index (χ0n) is 17.5. The Morgan fingerprint density at radius 3 is 2.56 bits per heavy atom. The number of nitro benzene ring substituents is 1. The predicted octanol–water partition coefficient (Wildman–Crippen LogP) is 1.00. The van der Waals surface area contributed by atoms with E-state index in [2.05, 4.69) is 15.2 Å². The second-order valence-corrected chi connectivity index (χ2v) is 7.17. The summed E-state index contributed by atoms with van der Waals surface area (Å²) >= 11 is 0. The van der Waals surface area contributed by atoms with Crippen molar-refractivity contribution in [1.29, 1.82) is 0 Å². The summed E-state index contributed by atoms with van der Waals surface area (Å²) in [5, 5.41) is 13.2. The van der Waals surface area contributed by atoms with Crippen LogP contribution in [0.15, 0.2) is 48.7 Å². The number of amides is 2. The van der Waals surface area contributed by atoms with Crippen LogP contribution in [0.5, 0.6) is 0 Å². The Hall–Kier alpha value is -4.02. The van der Waals surface area contributed by atoms with Crippen molar-refractivity contribution in [2.24, 2.45) is 0 Å². The topological polar surface area (TPSA) is 135 Å². The lowest BCUT2D eigenvalue weighted by Gasteiger charge is -2.35. The summed E-state index contributed by atoms with van der Waals surface area (Å²) in [5.41, 5.74) is -0.192. The van der Waals surface area contributed by atoms with E-state index in [1.807, 2.05) is 18.2 Å². The molecule has 1 aromatic heterocycles. The molecule has 1 fully saturated rings. The number of anilines is 1. The van der Waals surface area contributed by atoms with E-state index in [-0.39, 0.29) is 17.2 Å². The number of nitrogens with zero attached hydrogens (tertiary/aromatic N) is 4. The average molecular weight is 441 g/mol. The Balaban J connectivity index is 1.44. The molecule has 2 amide bonds. The van der Waals surface area contributed by atoms with Crippen LogP contribution in [0.1, 0.15) is 17.3 Å². The number of carbonyl (C=O) groups excluding carboxylic acids is 3. The number of benzene rings is 1. The van der Waals surface area contributed by atoms with Crippen LogP contribution in [0.2, 0.25) is 0 Å². The van der Waals surface area contributed by atoms with E-state index in [1.54, 1.807) is 11.1 Å². The van der Waals surface area contributed by atoms with Crippen molar-refractivity contribution in [1.82, 2.24) is 15.2 Å². The Kier molecular flexibility index (Phi) is 7.32. The van der Waals surface area contributed by atoms with E-state index in [9.17, 15) is 24.5 Å². The first-order valence-corrected chi connectivity index (χ1v) is 10.0. The molecule has 0 aliphatic carbocycles. The molecule has 1 saturated heterocycles. The van der Waals surface area contributed by atoms with Gasteiger partial charge in [0, 0.05) is 50.1 Å². The van der Waals surface area contributed by atoms with E-state index >= 15 is 0 Å². The van der Waals surface area contributed by atoms with E-state index < -0.39 is 29.4 Å². The number of carbonyl (C=O) groups is 3. The minimum absolute atomic E-state index is 0.0423. The zero-order chi connectivity index (χ0) is 23.1. The largest absolute Gasteiger partial charge is 0.454 e. The highest BCUT2D eigenvalue weighted by atomic mass is 16.6. The first-order chi connectivity index (χ1) is 15.3. The molecule has 1 aromatic carbocycles. The summed E-state index contributed by atoms with van der Waals surface area (Å²) in [7, 11) is 0. The number of ether oxygens (including phenoxy) is 1. The number of esters is 1. The van der Waals surface area contributed by atoms with Crippen molar-refractivity contribution in [3.05, 3.63) is 64.3 Å². The third kappa shape index (κ3) is 5.78. The van der Waals surface area contributed by atoms with Crippen LogP contribution in [-0.4, -0.2) is 71.4 Å². The smallest absolute Gasteiger partial charge is 0.328 e. The van der Waals surface area contributed by atoms with Gasteiger partial charge < -0.3 is 19.9 Å². The maximum atomic E-state index is 12.4. The monoisotopic (exact) mass is 441 g/mol. The molecular formula is C21H23N5O6. The number of hydrogen-bond donors (Lipinski definition) is 1. The summed E-state index contributed by atoms with van der Waals surface area (Å²) in [6, 6.07) is 9.76. The first-order valence-electron chi connectivity index (χ1n) is 10.0. The molecule has 0 bridgehead atoms. The van der Waals surface area contributed by atoms with Gasteiger partial charge in [-0.25, -0.2) is 9.78 Å². The number of nitro groups is 1. The third-order valence-electron chi connectivity index (χ3n) is 4.96. The number of piperazine rings is 1. The predicted molar refractivity (Wildman–Crippen MR) is 114 cm³/mol. The van der Waals surface area contributed by atoms with Gasteiger partial charge >= 0.3 is 5.97 Å². The number of aromatic nitrogens is 1. The van der Waals surface area contributed by atoms with E-state index in [0.717, 1.165) is 11.9 Å². The van der Waals surface area contributed by atoms with Crippen molar-refractivity contribution < 1.29 is 24.0 Å². The molecule has 3 rings (SSSR count). The molecule has 0 unspecified atom stereocenters. The van der Waals surface area contributed by atoms with Crippen LogP contribution >= 0.6 is 0 Å². The summed E-state index contributed by atoms with van der Waals surface area (Å²) in [5.74, 6) is -0.907. The molecule has 1 aliphatic rings. The molecule has 1 aliphatic heterocycles. The fourth-order valence-electron chi connectivity index (χ4n) is 3.17. The van der Waals surface area contributed by atoms with Crippen molar-refractivity contribution in [3.8, 4) is 0 Å². The van der Waals surface area contributed by atoms with Gasteiger partial charge in [-0.1, -0.05) is 12.1 Å². The number of non-ortho nitro benzene ring substituents is 1. The fraction of sp³-hybridized carbons (Fsp3) is 0.333. The lowest BCUT2D eigenvalue weighted by molar-refractivity contribution is -0.384. The van der Waals surface area contributed by atoms with Crippen molar-refractivity contribution in [2.45, 2.75) is 13.0 Å². The lowest BCUT2D eigenvalue weighted by Crippen LogP contribution is -2.50. The van der Waals surface area contributed by atoms with Gasteiger partial charge in [0.1, 0.15) is 11.9 Å². The molecular weight excluding hydrogens is 418 g/mol. The molecule has 11 heteroatoms. The summed E-state index contributed by atoms with van der Waals surface area (Å²) in [6.07, 6.45) is 1.71. The van der Waals surface area contributed by atoms with Crippen LogP contribution in [0, 0.1) is 10.1 Å². The maximum absolute atomic E-state index is 12.4. The highest BCUT2D eigenvalue weighted by Gasteiger charge is 2.24. The second kappa shape index (κ2) is 10.3. The average Bonchev–Trinajstić information content (AvgIpc) is 2.82. The van der Waals surface area contributed by atoms with Crippen LogP contribution in [-0.2, 0) is 14.3 Å². The number of nitrogens with one attached hydrogen (secondary N) is 1. The fourth-order valence-corrected chi connectivity index (χ4v) is 3.17. The van der Waals surface area contributed by atoms with Gasteiger partial charge in [-0.3, -0.25) is 19.7 Å². The number of pyridine rings is 1. The minimum Gasteiger partial charge on any atom is -0.454 e. The van der Waals surface area contributed by atoms with Crippen molar-refractivity contribution in [3.63, 3.8) is 0 Å². The summed E-state index contributed by atoms with van der Waals surface area (Å²) < 4.78 is 5.05. The highest BCUT2D eigenvalue weighted by Crippen LogP contribution is 2.14. The zero-order valence-corrected chi connectivity index (χ0v) is 17.5. The summed E-state index contributed by atoms with van der Waals surface area (Å²) in [6.45, 7) is 3.17. The summed E-state index contributed by atoms with van der Waals surface area (Å²) in [4.78, 5) is 55.0. The van der Waals surface area contributed by atoms with Gasteiger partial charge in [0.25, 0.3) is 17.5 Å². The van der Waals surface area contributed by atoms with Gasteiger partial charge in [0.15, 0.2) is 6.61 Å². The highest BCUT2D eigenvalue weighted by molar-refractivity contribution is 5.97. The molecule has 168 valence electrons. The number of hydrogen-bond acceptors (Lipinski definition) is 8. The molecule has 2 aromatic rings. The van der Waals surface area contributed by atoms with Crippen LogP contribution in [0.3, 0.4) is 0 Å². The molecule has 0 radical (unpaired) electrons. The quantitative estimate of drug-likeness (QED) is 0.382. The van der Waals surface area contributed by atoms with E-state index in [1.165, 1.54) is 25.1 Å². The Morgan fingerprint density at radius 2 is 1.91 bits per heavy atom. The first kappa shape index (κ1) is 22.7. The second-order valence-electron chi connectivity index (χ2n) is 7.17. The lowest BCUT2D eigenvalue weighted by atomic mass is 10.2. The molecule has 11 nitrogen and oxygen atoms in total. The Bertz CT molecular complexity index is 991. The Morgan fingerprint density at radius 1 is 1.16 bits per heavy atom. The normalized spacial score (nSPS) is 14.4. The van der Waals surface area contributed by atoms with Gasteiger partial charge in [-0.05, 0) is 25.1 Å². The van der Waals surface area contributed by atoms with Crippen LogP contribution in [0.25, 0.3) is 0 Å². The SMILES string of the molecule is C[C@H](NC(=O)c1cccc([N+](=O)[O-])c1)C(=O)OCC(=O)N1CCN(c2ccccn2)CC1. The van der Waals surface area contributed by atoms with Gasteiger partial charge in [0.05, 0.1) is 4.92 Å². The standard InChI is InChI=1S/C21H23N5O6/c1-15(23-20(28)16-5-4-6-17(13-16)26(30)31)21(29)32-14-19(27)25-11-9-24(10-12-25)18-7-2-3-8-22-18/h2-8,13,15H,9-12,14H2,1H3,(H,23,28)/t15-/m0/s1. The molecule has 32 heavy (non-hydrogen) atoms. The number of rotatable bonds is 7. The van der Waals surface area contributed by atoms with Crippen molar-refractivity contribution in [2.75, 3.05) is 37.7 Å². The molecule has 2 heterocycles. The van der Waals surface area contributed by atoms with Gasteiger partial charge in [-0.15, -0.1) is 0 Å². The third-order valence-corrected chi connectivity index (χ3v) is 4.96. The van der Waals surface area contributed by atoms with E-state index in [0.29, 0.717) is 26.2 Å². The molecule has 1 N–H and O–H groups in total.